The first kappa shape index (κ1) is 25.3. The predicted octanol–water partition coefficient (Wildman–Crippen LogP) is 5.73. The molecule has 3 heterocycles. The van der Waals surface area contributed by atoms with Gasteiger partial charge in [0.05, 0.1) is 35.1 Å². The van der Waals surface area contributed by atoms with Gasteiger partial charge in [-0.2, -0.15) is 5.10 Å². The maximum absolute atomic E-state index is 13.4. The highest BCUT2D eigenvalue weighted by Gasteiger charge is 2.31. The van der Waals surface area contributed by atoms with E-state index >= 15 is 0 Å². The third-order valence-corrected chi connectivity index (χ3v) is 7.61. The zero-order valence-corrected chi connectivity index (χ0v) is 21.9. The van der Waals surface area contributed by atoms with Gasteiger partial charge in [-0.25, -0.2) is 9.78 Å². The summed E-state index contributed by atoms with van der Waals surface area (Å²) in [5, 5.41) is 5.95. The second-order valence-corrected chi connectivity index (χ2v) is 10.3. The van der Waals surface area contributed by atoms with Crippen LogP contribution in [0, 0.1) is 0 Å². The van der Waals surface area contributed by atoms with Gasteiger partial charge >= 0.3 is 6.09 Å². The van der Waals surface area contributed by atoms with Crippen LogP contribution in [0.3, 0.4) is 0 Å². The average molecular weight is 522 g/mol. The van der Waals surface area contributed by atoms with Crippen molar-refractivity contribution in [1.29, 1.82) is 0 Å². The molecular weight excluding hydrogens is 490 g/mol. The lowest BCUT2D eigenvalue weighted by atomic mass is 10.1. The van der Waals surface area contributed by atoms with Gasteiger partial charge in [-0.3, -0.25) is 9.48 Å². The number of piperazine rings is 1. The van der Waals surface area contributed by atoms with E-state index in [1.165, 1.54) is 12.8 Å². The second-order valence-electron chi connectivity index (χ2n) is 9.85. The lowest BCUT2D eigenvalue weighted by Crippen LogP contribution is -2.55. The molecule has 1 aromatic carbocycles. The first-order valence-electron chi connectivity index (χ1n) is 12.9. The molecular formula is C28H32ClN5O3. The van der Waals surface area contributed by atoms with Crippen LogP contribution < -0.4 is 0 Å². The Hall–Kier alpha value is -3.39. The Morgan fingerprint density at radius 1 is 1.22 bits per heavy atom. The molecule has 37 heavy (non-hydrogen) atoms. The molecule has 5 rings (SSSR count). The monoisotopic (exact) mass is 521 g/mol. The van der Waals surface area contributed by atoms with Crippen LogP contribution in [-0.4, -0.2) is 68.8 Å². The van der Waals surface area contributed by atoms with Crippen LogP contribution in [0.15, 0.2) is 49.3 Å². The summed E-state index contributed by atoms with van der Waals surface area (Å²) in [6.07, 6.45) is 10.6. The van der Waals surface area contributed by atoms with E-state index in [1.807, 2.05) is 36.1 Å². The minimum Gasteiger partial charge on any atom is -0.449 e. The maximum atomic E-state index is 13.4. The van der Waals surface area contributed by atoms with Crippen molar-refractivity contribution in [2.75, 3.05) is 26.2 Å². The summed E-state index contributed by atoms with van der Waals surface area (Å²) in [6, 6.07) is 7.60. The van der Waals surface area contributed by atoms with Crippen LogP contribution in [0.2, 0.25) is 5.02 Å². The molecule has 1 aliphatic heterocycles. The number of ether oxygens (including phenoxy) is 1. The lowest BCUT2D eigenvalue weighted by Gasteiger charge is -2.39. The molecule has 8 nitrogen and oxygen atoms in total. The summed E-state index contributed by atoms with van der Waals surface area (Å²) in [4.78, 5) is 34.0. The topological polar surface area (TPSA) is 80.6 Å². The standard InChI is InChI=1S/C28H32ClN5O3/c1-3-4-13-37-28(36)33-12-11-32(17-19(33)2)27(35)20-9-10-23-24(29)15-25(31-26(23)14-20)21-16-30-34(18-21)22-7-5-6-8-22/h3,9-10,14-16,18-19,22H,1,4-8,11-13,17H2,2H3. The van der Waals surface area contributed by atoms with Crippen LogP contribution in [0.4, 0.5) is 4.79 Å². The maximum Gasteiger partial charge on any atom is 0.410 e. The fourth-order valence-corrected chi connectivity index (χ4v) is 5.48. The number of aromatic nitrogens is 3. The molecule has 0 spiro atoms. The van der Waals surface area contributed by atoms with Gasteiger partial charge in [0.15, 0.2) is 0 Å². The number of nitrogens with zero attached hydrogens (tertiary/aromatic N) is 5. The van der Waals surface area contributed by atoms with E-state index in [-0.39, 0.29) is 18.0 Å². The van der Waals surface area contributed by atoms with Crippen molar-refractivity contribution in [3.63, 3.8) is 0 Å². The smallest absolute Gasteiger partial charge is 0.410 e. The molecule has 2 aromatic heterocycles. The van der Waals surface area contributed by atoms with E-state index < -0.39 is 0 Å². The average Bonchev–Trinajstić information content (AvgIpc) is 3.60. The Kier molecular flexibility index (Phi) is 7.46. The fraction of sp³-hybridized carbons (Fsp3) is 0.429. The number of hydrogen-bond acceptors (Lipinski definition) is 5. The van der Waals surface area contributed by atoms with Crippen molar-refractivity contribution in [3.8, 4) is 11.3 Å². The van der Waals surface area contributed by atoms with Crippen LogP contribution in [-0.2, 0) is 4.74 Å². The SMILES string of the molecule is C=CCCOC(=O)N1CCN(C(=O)c2ccc3c(Cl)cc(-c4cnn(C5CCCC5)c4)nc3c2)CC1C. The number of carbonyl (C=O) groups is 2. The summed E-state index contributed by atoms with van der Waals surface area (Å²) in [5.41, 5.74) is 2.87. The molecule has 0 radical (unpaired) electrons. The van der Waals surface area contributed by atoms with E-state index in [1.54, 1.807) is 28.0 Å². The van der Waals surface area contributed by atoms with Gasteiger partial charge in [0.25, 0.3) is 5.91 Å². The largest absolute Gasteiger partial charge is 0.449 e. The molecule has 2 fully saturated rings. The van der Waals surface area contributed by atoms with E-state index in [0.29, 0.717) is 54.8 Å². The van der Waals surface area contributed by atoms with Gasteiger partial charge < -0.3 is 14.5 Å². The highest BCUT2D eigenvalue weighted by Crippen LogP contribution is 2.32. The number of hydrogen-bond donors (Lipinski definition) is 0. The number of benzene rings is 1. The third kappa shape index (κ3) is 5.34. The molecule has 1 aliphatic carbocycles. The lowest BCUT2D eigenvalue weighted by molar-refractivity contribution is 0.0416. The van der Waals surface area contributed by atoms with Crippen molar-refractivity contribution >= 4 is 34.5 Å². The van der Waals surface area contributed by atoms with Crippen molar-refractivity contribution in [1.82, 2.24) is 24.6 Å². The molecule has 2 amide bonds. The number of amides is 2. The van der Waals surface area contributed by atoms with Gasteiger partial charge in [0, 0.05) is 48.4 Å². The normalized spacial score (nSPS) is 18.4. The van der Waals surface area contributed by atoms with Crippen molar-refractivity contribution in [2.45, 2.75) is 51.1 Å². The van der Waals surface area contributed by atoms with E-state index in [0.717, 1.165) is 29.5 Å². The summed E-state index contributed by atoms with van der Waals surface area (Å²) >= 11 is 6.62. The van der Waals surface area contributed by atoms with Crippen LogP contribution in [0.1, 0.15) is 55.4 Å². The van der Waals surface area contributed by atoms with E-state index in [9.17, 15) is 9.59 Å². The Balaban J connectivity index is 1.32. The third-order valence-electron chi connectivity index (χ3n) is 7.30. The van der Waals surface area contributed by atoms with Gasteiger partial charge in [0.2, 0.25) is 0 Å². The number of fused-ring (bicyclic) bond motifs is 1. The van der Waals surface area contributed by atoms with E-state index in [4.69, 9.17) is 21.3 Å². The van der Waals surface area contributed by atoms with Crippen LogP contribution in [0.25, 0.3) is 22.2 Å². The van der Waals surface area contributed by atoms with Crippen molar-refractivity contribution in [2.24, 2.45) is 0 Å². The first-order valence-corrected chi connectivity index (χ1v) is 13.3. The molecule has 1 unspecified atom stereocenters. The Morgan fingerprint density at radius 3 is 2.78 bits per heavy atom. The van der Waals surface area contributed by atoms with Gasteiger partial charge in [0.1, 0.15) is 0 Å². The zero-order valence-electron chi connectivity index (χ0n) is 21.1. The first-order chi connectivity index (χ1) is 17.9. The van der Waals surface area contributed by atoms with E-state index in [2.05, 4.69) is 11.7 Å². The Bertz CT molecular complexity index is 1320. The van der Waals surface area contributed by atoms with Crippen LogP contribution >= 0.6 is 11.6 Å². The molecule has 2 aliphatic rings. The number of pyridine rings is 1. The summed E-state index contributed by atoms with van der Waals surface area (Å²) in [6.45, 7) is 7.16. The number of carbonyl (C=O) groups excluding carboxylic acids is 2. The van der Waals surface area contributed by atoms with Crippen LogP contribution in [0.5, 0.6) is 0 Å². The number of rotatable bonds is 6. The van der Waals surface area contributed by atoms with Gasteiger partial charge in [-0.15, -0.1) is 6.58 Å². The molecule has 1 saturated heterocycles. The molecule has 194 valence electrons. The zero-order chi connectivity index (χ0) is 25.9. The highest BCUT2D eigenvalue weighted by molar-refractivity contribution is 6.35. The van der Waals surface area contributed by atoms with Crippen molar-refractivity contribution < 1.29 is 14.3 Å². The summed E-state index contributed by atoms with van der Waals surface area (Å²) in [5.74, 6) is -0.0918. The van der Waals surface area contributed by atoms with Gasteiger partial charge in [-0.1, -0.05) is 36.6 Å². The fourth-order valence-electron chi connectivity index (χ4n) is 5.21. The highest BCUT2D eigenvalue weighted by atomic mass is 35.5. The Morgan fingerprint density at radius 2 is 2.03 bits per heavy atom. The van der Waals surface area contributed by atoms with Gasteiger partial charge in [-0.05, 0) is 44.4 Å². The number of halogens is 1. The molecule has 9 heteroatoms. The molecule has 1 saturated carbocycles. The predicted molar refractivity (Wildman–Crippen MR) is 144 cm³/mol. The second kappa shape index (κ2) is 10.9. The quantitative estimate of drug-likeness (QED) is 0.306. The minimum atomic E-state index is -0.352. The summed E-state index contributed by atoms with van der Waals surface area (Å²) in [7, 11) is 0. The van der Waals surface area contributed by atoms with Crippen molar-refractivity contribution in [3.05, 3.63) is 59.9 Å². The molecule has 0 bridgehead atoms. The summed E-state index contributed by atoms with van der Waals surface area (Å²) < 4.78 is 7.34. The molecule has 0 N–H and O–H groups in total. The molecule has 1 atom stereocenters. The molecule has 3 aromatic rings. The Labute approximate surface area is 221 Å². The minimum absolute atomic E-state index is 0.0918.